The Morgan fingerprint density at radius 3 is 2.62 bits per heavy atom. The first-order chi connectivity index (χ1) is 10.0. The summed E-state index contributed by atoms with van der Waals surface area (Å²) in [4.78, 5) is 11.7. The summed E-state index contributed by atoms with van der Waals surface area (Å²) in [5.41, 5.74) is 7.69. The van der Waals surface area contributed by atoms with E-state index in [0.717, 1.165) is 5.56 Å². The molecule has 0 aliphatic rings. The van der Waals surface area contributed by atoms with Gasteiger partial charge in [0.1, 0.15) is 5.75 Å². The van der Waals surface area contributed by atoms with E-state index in [2.05, 4.69) is 0 Å². The number of aryl methyl sites for hydroxylation is 1. The molecule has 0 spiro atoms. The summed E-state index contributed by atoms with van der Waals surface area (Å²) >= 11 is 6.13. The highest BCUT2D eigenvalue weighted by Gasteiger charge is 2.12. The zero-order valence-electron chi connectivity index (χ0n) is 11.9. The van der Waals surface area contributed by atoms with E-state index in [4.69, 9.17) is 26.8 Å². The summed E-state index contributed by atoms with van der Waals surface area (Å²) in [7, 11) is 0. The third-order valence-electron chi connectivity index (χ3n) is 2.83. The Kier molecular flexibility index (Phi) is 4.70. The van der Waals surface area contributed by atoms with Crippen molar-refractivity contribution in [1.82, 2.24) is 0 Å². The number of anilines is 1. The van der Waals surface area contributed by atoms with E-state index in [0.29, 0.717) is 34.4 Å². The fraction of sp³-hybridized carbons (Fsp3) is 0.188. The van der Waals surface area contributed by atoms with Gasteiger partial charge in [0.2, 0.25) is 0 Å². The Morgan fingerprint density at radius 1 is 1.19 bits per heavy atom. The van der Waals surface area contributed by atoms with Gasteiger partial charge in [-0.15, -0.1) is 0 Å². The van der Waals surface area contributed by atoms with Crippen LogP contribution >= 0.6 is 11.6 Å². The molecule has 110 valence electrons. The van der Waals surface area contributed by atoms with Crippen molar-refractivity contribution < 1.29 is 14.3 Å². The predicted molar refractivity (Wildman–Crippen MR) is 83.1 cm³/mol. The van der Waals surface area contributed by atoms with Crippen LogP contribution in [0.5, 0.6) is 11.5 Å². The summed E-state index contributed by atoms with van der Waals surface area (Å²) in [5.74, 6) is 0.429. The quantitative estimate of drug-likeness (QED) is 0.679. The topological polar surface area (TPSA) is 61.5 Å². The number of rotatable bonds is 4. The Morgan fingerprint density at radius 2 is 1.95 bits per heavy atom. The Labute approximate surface area is 128 Å². The van der Waals surface area contributed by atoms with Gasteiger partial charge in [0.15, 0.2) is 5.75 Å². The number of esters is 1. The van der Waals surface area contributed by atoms with Gasteiger partial charge in [-0.05, 0) is 49.7 Å². The van der Waals surface area contributed by atoms with Crippen molar-refractivity contribution in [2.75, 3.05) is 12.3 Å². The third-order valence-corrected chi connectivity index (χ3v) is 3.13. The molecule has 0 saturated heterocycles. The van der Waals surface area contributed by atoms with Gasteiger partial charge in [-0.25, -0.2) is 4.79 Å². The first-order valence-electron chi connectivity index (χ1n) is 6.52. The molecule has 2 N–H and O–H groups in total. The molecule has 0 bridgehead atoms. The van der Waals surface area contributed by atoms with Crippen LogP contribution in [0.1, 0.15) is 22.8 Å². The lowest BCUT2D eigenvalue weighted by molar-refractivity contribution is 0.0526. The van der Waals surface area contributed by atoms with Crippen LogP contribution in [-0.2, 0) is 4.74 Å². The molecule has 0 radical (unpaired) electrons. The molecule has 0 heterocycles. The minimum absolute atomic E-state index is 0.309. The zero-order valence-corrected chi connectivity index (χ0v) is 12.6. The van der Waals surface area contributed by atoms with Crippen LogP contribution in [0.4, 0.5) is 5.69 Å². The molecule has 0 atom stereocenters. The van der Waals surface area contributed by atoms with Gasteiger partial charge in [-0.1, -0.05) is 17.7 Å². The SMILES string of the molecule is CCOC(=O)c1ccc(N)c(Oc2ccc(C)cc2Cl)c1. The molecule has 4 nitrogen and oxygen atoms in total. The van der Waals surface area contributed by atoms with Crippen LogP contribution in [0.3, 0.4) is 0 Å². The summed E-state index contributed by atoms with van der Waals surface area (Å²) < 4.78 is 10.7. The molecule has 0 aromatic heterocycles. The monoisotopic (exact) mass is 305 g/mol. The molecule has 21 heavy (non-hydrogen) atoms. The normalized spacial score (nSPS) is 10.2. The van der Waals surface area contributed by atoms with Crippen molar-refractivity contribution in [2.45, 2.75) is 13.8 Å². The summed E-state index contributed by atoms with van der Waals surface area (Å²) in [6.07, 6.45) is 0. The lowest BCUT2D eigenvalue weighted by Gasteiger charge is -2.11. The number of hydrogen-bond donors (Lipinski definition) is 1. The highest BCUT2D eigenvalue weighted by Crippen LogP contribution is 2.33. The second-order valence-electron chi connectivity index (χ2n) is 4.51. The van der Waals surface area contributed by atoms with Gasteiger partial charge < -0.3 is 15.2 Å². The van der Waals surface area contributed by atoms with E-state index in [1.807, 2.05) is 13.0 Å². The van der Waals surface area contributed by atoms with E-state index in [-0.39, 0.29) is 0 Å². The summed E-state index contributed by atoms with van der Waals surface area (Å²) in [5, 5.41) is 0.482. The molecule has 0 amide bonds. The van der Waals surface area contributed by atoms with Gasteiger partial charge in [-0.2, -0.15) is 0 Å². The Hall–Kier alpha value is -2.20. The fourth-order valence-corrected chi connectivity index (χ4v) is 2.04. The molecule has 0 aliphatic heterocycles. The van der Waals surface area contributed by atoms with Crippen molar-refractivity contribution in [3.05, 3.63) is 52.5 Å². The fourth-order valence-electron chi connectivity index (χ4n) is 1.77. The van der Waals surface area contributed by atoms with E-state index in [1.54, 1.807) is 37.3 Å². The summed E-state index contributed by atoms with van der Waals surface area (Å²) in [6, 6.07) is 10.2. The van der Waals surface area contributed by atoms with E-state index in [1.165, 1.54) is 0 Å². The van der Waals surface area contributed by atoms with Crippen LogP contribution in [0, 0.1) is 6.92 Å². The number of carbonyl (C=O) groups excluding carboxylic acids is 1. The molecule has 2 rings (SSSR count). The molecule has 2 aromatic rings. The number of ether oxygens (including phenoxy) is 2. The van der Waals surface area contributed by atoms with Crippen LogP contribution in [-0.4, -0.2) is 12.6 Å². The molecule has 2 aromatic carbocycles. The standard InChI is InChI=1S/C16H16ClNO3/c1-3-20-16(19)11-5-6-13(18)15(9-11)21-14-7-4-10(2)8-12(14)17/h4-9H,3,18H2,1-2H3. The van der Waals surface area contributed by atoms with Crippen molar-refractivity contribution in [3.8, 4) is 11.5 Å². The average Bonchev–Trinajstić information content (AvgIpc) is 2.44. The van der Waals surface area contributed by atoms with Gasteiger partial charge in [0.25, 0.3) is 0 Å². The number of benzene rings is 2. The van der Waals surface area contributed by atoms with Crippen molar-refractivity contribution in [3.63, 3.8) is 0 Å². The number of halogens is 1. The third kappa shape index (κ3) is 3.67. The highest BCUT2D eigenvalue weighted by atomic mass is 35.5. The van der Waals surface area contributed by atoms with Crippen molar-refractivity contribution in [2.24, 2.45) is 0 Å². The number of nitrogen functional groups attached to an aromatic ring is 1. The van der Waals surface area contributed by atoms with Gasteiger partial charge >= 0.3 is 5.97 Å². The average molecular weight is 306 g/mol. The first kappa shape index (κ1) is 15.2. The first-order valence-corrected chi connectivity index (χ1v) is 6.89. The van der Waals surface area contributed by atoms with E-state index >= 15 is 0 Å². The zero-order chi connectivity index (χ0) is 15.4. The van der Waals surface area contributed by atoms with Gasteiger partial charge in [-0.3, -0.25) is 0 Å². The van der Waals surface area contributed by atoms with E-state index < -0.39 is 5.97 Å². The van der Waals surface area contributed by atoms with Crippen LogP contribution in [0.2, 0.25) is 5.02 Å². The molecule has 0 unspecified atom stereocenters. The molecular formula is C16H16ClNO3. The Balaban J connectivity index is 2.30. The number of nitrogens with two attached hydrogens (primary N) is 1. The van der Waals surface area contributed by atoms with Gasteiger partial charge in [0, 0.05) is 0 Å². The summed E-state index contributed by atoms with van der Waals surface area (Å²) in [6.45, 7) is 3.99. The van der Waals surface area contributed by atoms with Crippen molar-refractivity contribution in [1.29, 1.82) is 0 Å². The highest BCUT2D eigenvalue weighted by molar-refractivity contribution is 6.32. The molecule has 0 aliphatic carbocycles. The lowest BCUT2D eigenvalue weighted by Crippen LogP contribution is -2.05. The maximum absolute atomic E-state index is 11.7. The second-order valence-corrected chi connectivity index (χ2v) is 4.92. The predicted octanol–water partition coefficient (Wildman–Crippen LogP) is 4.20. The lowest BCUT2D eigenvalue weighted by atomic mass is 10.2. The Bertz CT molecular complexity index is 671. The second kappa shape index (κ2) is 6.50. The molecule has 0 fully saturated rings. The van der Waals surface area contributed by atoms with E-state index in [9.17, 15) is 4.79 Å². The molecule has 0 saturated carbocycles. The number of carbonyl (C=O) groups is 1. The van der Waals surface area contributed by atoms with Crippen LogP contribution in [0.15, 0.2) is 36.4 Å². The number of hydrogen-bond acceptors (Lipinski definition) is 4. The minimum Gasteiger partial charge on any atom is -0.462 e. The largest absolute Gasteiger partial charge is 0.462 e. The molecule has 5 heteroatoms. The smallest absolute Gasteiger partial charge is 0.338 e. The minimum atomic E-state index is -0.419. The van der Waals surface area contributed by atoms with Gasteiger partial charge in [0.05, 0.1) is 22.9 Å². The van der Waals surface area contributed by atoms with Crippen molar-refractivity contribution >= 4 is 23.3 Å². The van der Waals surface area contributed by atoms with Crippen LogP contribution in [0.25, 0.3) is 0 Å². The molecular weight excluding hydrogens is 290 g/mol. The maximum atomic E-state index is 11.7. The van der Waals surface area contributed by atoms with Crippen LogP contribution < -0.4 is 10.5 Å². The maximum Gasteiger partial charge on any atom is 0.338 e.